The molecule has 1 aliphatic rings. The fourth-order valence-corrected chi connectivity index (χ4v) is 3.16. The Morgan fingerprint density at radius 3 is 2.75 bits per heavy atom. The van der Waals surface area contributed by atoms with Gasteiger partial charge in [0.1, 0.15) is 11.9 Å². The zero-order valence-corrected chi connectivity index (χ0v) is 16.5. The average molecular weight is 389 g/mol. The number of nitrogens with two attached hydrogens (primary N) is 1. The van der Waals surface area contributed by atoms with E-state index < -0.39 is 0 Å². The van der Waals surface area contributed by atoms with Gasteiger partial charge >= 0.3 is 0 Å². The van der Waals surface area contributed by atoms with E-state index in [1.165, 1.54) is 0 Å². The molecule has 1 amide bonds. The standard InChI is InChI=1S/C19H27N5O4/c1-24(8-5-7-21-18(25)14-6-4-9-28-14)19-22-13-11-16(27-3)15(26-2)10-12(13)17(20)23-19/h10-11,14H,4-9H2,1-3H3,(H,21,25)(H2,20,22,23)/t14-/m1/s1. The predicted molar refractivity (Wildman–Crippen MR) is 107 cm³/mol. The number of rotatable bonds is 8. The summed E-state index contributed by atoms with van der Waals surface area (Å²) in [4.78, 5) is 22.8. The second-order valence-electron chi connectivity index (χ2n) is 6.70. The normalized spacial score (nSPS) is 16.2. The molecule has 0 spiro atoms. The van der Waals surface area contributed by atoms with E-state index in [0.717, 1.165) is 19.3 Å². The van der Waals surface area contributed by atoms with Crippen LogP contribution in [0.2, 0.25) is 0 Å². The van der Waals surface area contributed by atoms with Crippen LogP contribution in [0.4, 0.5) is 11.8 Å². The van der Waals surface area contributed by atoms with Gasteiger partial charge in [-0.1, -0.05) is 0 Å². The first-order valence-electron chi connectivity index (χ1n) is 9.33. The molecule has 1 aromatic heterocycles. The zero-order chi connectivity index (χ0) is 20.1. The molecule has 3 rings (SSSR count). The number of methoxy groups -OCH3 is 2. The minimum absolute atomic E-state index is 0.0348. The van der Waals surface area contributed by atoms with Gasteiger partial charge < -0.3 is 30.2 Å². The van der Waals surface area contributed by atoms with Crippen LogP contribution in [-0.4, -0.2) is 62.9 Å². The van der Waals surface area contributed by atoms with Crippen molar-refractivity contribution in [2.24, 2.45) is 0 Å². The molecule has 2 heterocycles. The lowest BCUT2D eigenvalue weighted by molar-refractivity contribution is -0.130. The van der Waals surface area contributed by atoms with Crippen molar-refractivity contribution in [3.8, 4) is 11.5 Å². The average Bonchev–Trinajstić information content (AvgIpc) is 3.24. The first kappa shape index (κ1) is 19.9. The Morgan fingerprint density at radius 2 is 2.07 bits per heavy atom. The van der Waals surface area contributed by atoms with Gasteiger partial charge in [0.2, 0.25) is 11.9 Å². The van der Waals surface area contributed by atoms with Crippen molar-refractivity contribution in [1.29, 1.82) is 0 Å². The SMILES string of the molecule is COc1cc2nc(N(C)CCCNC(=O)[C@H]3CCCO3)nc(N)c2cc1OC. The smallest absolute Gasteiger partial charge is 0.249 e. The highest BCUT2D eigenvalue weighted by molar-refractivity contribution is 5.91. The summed E-state index contributed by atoms with van der Waals surface area (Å²) < 4.78 is 16.0. The van der Waals surface area contributed by atoms with Gasteiger partial charge in [0.05, 0.1) is 19.7 Å². The Kier molecular flexibility index (Phi) is 6.35. The summed E-state index contributed by atoms with van der Waals surface area (Å²) in [5.74, 6) is 2.02. The second kappa shape index (κ2) is 8.92. The van der Waals surface area contributed by atoms with Gasteiger partial charge in [0.15, 0.2) is 11.5 Å². The molecule has 0 aliphatic carbocycles. The largest absolute Gasteiger partial charge is 0.493 e. The van der Waals surface area contributed by atoms with E-state index in [2.05, 4.69) is 15.3 Å². The molecule has 0 bridgehead atoms. The fourth-order valence-electron chi connectivity index (χ4n) is 3.16. The van der Waals surface area contributed by atoms with Crippen molar-refractivity contribution in [3.63, 3.8) is 0 Å². The topological polar surface area (TPSA) is 112 Å². The Hall–Kier alpha value is -2.81. The van der Waals surface area contributed by atoms with Crippen LogP contribution < -0.4 is 25.4 Å². The highest BCUT2D eigenvalue weighted by Gasteiger charge is 2.22. The summed E-state index contributed by atoms with van der Waals surface area (Å²) in [5, 5.41) is 3.62. The minimum Gasteiger partial charge on any atom is -0.493 e. The number of nitrogens with one attached hydrogen (secondary N) is 1. The monoisotopic (exact) mass is 389 g/mol. The highest BCUT2D eigenvalue weighted by atomic mass is 16.5. The number of carbonyl (C=O) groups is 1. The number of amides is 1. The molecule has 0 saturated carbocycles. The minimum atomic E-state index is -0.298. The molecule has 1 fully saturated rings. The third-order valence-electron chi connectivity index (χ3n) is 4.75. The Balaban J connectivity index is 1.62. The molecule has 9 nitrogen and oxygen atoms in total. The van der Waals surface area contributed by atoms with Gasteiger partial charge in [-0.15, -0.1) is 0 Å². The lowest BCUT2D eigenvalue weighted by Crippen LogP contribution is -2.36. The Morgan fingerprint density at radius 1 is 1.32 bits per heavy atom. The van der Waals surface area contributed by atoms with Gasteiger partial charge in [0, 0.05) is 38.2 Å². The van der Waals surface area contributed by atoms with Crippen molar-refractivity contribution in [1.82, 2.24) is 15.3 Å². The zero-order valence-electron chi connectivity index (χ0n) is 16.5. The molecular formula is C19H27N5O4. The lowest BCUT2D eigenvalue weighted by Gasteiger charge is -2.19. The number of nitrogen functional groups attached to an aromatic ring is 1. The number of ether oxygens (including phenoxy) is 3. The van der Waals surface area contributed by atoms with Crippen molar-refractivity contribution in [2.75, 3.05) is 51.6 Å². The van der Waals surface area contributed by atoms with Crippen LogP contribution in [0.25, 0.3) is 10.9 Å². The maximum Gasteiger partial charge on any atom is 0.249 e. The molecule has 0 unspecified atom stereocenters. The van der Waals surface area contributed by atoms with Crippen LogP contribution in [-0.2, 0) is 9.53 Å². The fraction of sp³-hybridized carbons (Fsp3) is 0.526. The van der Waals surface area contributed by atoms with Crippen LogP contribution in [0.3, 0.4) is 0 Å². The third kappa shape index (κ3) is 4.36. The third-order valence-corrected chi connectivity index (χ3v) is 4.75. The number of aromatic nitrogens is 2. The van der Waals surface area contributed by atoms with Crippen molar-refractivity contribution in [3.05, 3.63) is 12.1 Å². The summed E-state index contributed by atoms with van der Waals surface area (Å²) in [6, 6.07) is 3.55. The molecule has 1 saturated heterocycles. The Labute approximate surface area is 164 Å². The summed E-state index contributed by atoms with van der Waals surface area (Å²) >= 11 is 0. The number of anilines is 2. The van der Waals surface area contributed by atoms with Crippen molar-refractivity contribution < 1.29 is 19.0 Å². The number of benzene rings is 1. The van der Waals surface area contributed by atoms with Crippen molar-refractivity contribution in [2.45, 2.75) is 25.4 Å². The highest BCUT2D eigenvalue weighted by Crippen LogP contribution is 2.33. The van der Waals surface area contributed by atoms with Gasteiger partial charge in [-0.25, -0.2) is 4.98 Å². The number of carbonyl (C=O) groups excluding carboxylic acids is 1. The van der Waals surface area contributed by atoms with E-state index >= 15 is 0 Å². The quantitative estimate of drug-likeness (QED) is 0.651. The summed E-state index contributed by atoms with van der Waals surface area (Å²) in [6.07, 6.45) is 2.19. The van der Waals surface area contributed by atoms with E-state index in [0.29, 0.717) is 53.9 Å². The molecule has 1 aliphatic heterocycles. The number of hydrogen-bond donors (Lipinski definition) is 2. The maximum atomic E-state index is 12.0. The van der Waals surface area contributed by atoms with Crippen LogP contribution in [0, 0.1) is 0 Å². The van der Waals surface area contributed by atoms with Crippen LogP contribution >= 0.6 is 0 Å². The van der Waals surface area contributed by atoms with Crippen LogP contribution in [0.15, 0.2) is 12.1 Å². The van der Waals surface area contributed by atoms with Gasteiger partial charge in [-0.2, -0.15) is 4.98 Å². The van der Waals surface area contributed by atoms with Gasteiger partial charge in [-0.05, 0) is 25.3 Å². The summed E-state index contributed by atoms with van der Waals surface area (Å²) in [5.41, 5.74) is 6.81. The van der Waals surface area contributed by atoms with Crippen LogP contribution in [0.1, 0.15) is 19.3 Å². The predicted octanol–water partition coefficient (Wildman–Crippen LogP) is 1.35. The van der Waals surface area contributed by atoms with Crippen LogP contribution in [0.5, 0.6) is 11.5 Å². The second-order valence-corrected chi connectivity index (χ2v) is 6.70. The molecular weight excluding hydrogens is 362 g/mol. The summed E-state index contributed by atoms with van der Waals surface area (Å²) in [6.45, 7) is 1.90. The summed E-state index contributed by atoms with van der Waals surface area (Å²) in [7, 11) is 5.04. The van der Waals surface area contributed by atoms with E-state index in [-0.39, 0.29) is 12.0 Å². The molecule has 2 aromatic rings. The van der Waals surface area contributed by atoms with E-state index in [9.17, 15) is 4.79 Å². The van der Waals surface area contributed by atoms with E-state index in [1.807, 2.05) is 11.9 Å². The molecule has 152 valence electrons. The first-order chi connectivity index (χ1) is 13.5. The number of fused-ring (bicyclic) bond motifs is 1. The number of nitrogens with zero attached hydrogens (tertiary/aromatic N) is 3. The van der Waals surface area contributed by atoms with E-state index in [1.54, 1.807) is 26.4 Å². The van der Waals surface area contributed by atoms with E-state index in [4.69, 9.17) is 19.9 Å². The number of hydrogen-bond acceptors (Lipinski definition) is 8. The van der Waals surface area contributed by atoms with Gasteiger partial charge in [-0.3, -0.25) is 4.79 Å². The molecule has 1 atom stereocenters. The first-order valence-corrected chi connectivity index (χ1v) is 9.33. The van der Waals surface area contributed by atoms with Gasteiger partial charge in [0.25, 0.3) is 0 Å². The molecule has 1 aromatic carbocycles. The molecule has 9 heteroatoms. The van der Waals surface area contributed by atoms with Crippen molar-refractivity contribution >= 4 is 28.6 Å². The lowest BCUT2D eigenvalue weighted by atomic mass is 10.2. The molecule has 0 radical (unpaired) electrons. The maximum absolute atomic E-state index is 12.0. The molecule has 3 N–H and O–H groups in total. The Bertz CT molecular complexity index is 839. The molecule has 28 heavy (non-hydrogen) atoms.